The molecule has 0 saturated carbocycles. The maximum Gasteiger partial charge on any atom is 0.178 e. The average Bonchev–Trinajstić information content (AvgIpc) is 2.71. The third kappa shape index (κ3) is 7.28. The molecule has 0 amide bonds. The molecule has 1 atom stereocenters. The number of aliphatic hydroxyl groups is 3. The van der Waals surface area contributed by atoms with Crippen molar-refractivity contribution >= 4 is 17.7 Å². The van der Waals surface area contributed by atoms with Crippen LogP contribution in [-0.2, 0) is 0 Å². The third-order valence-electron chi connectivity index (χ3n) is 4.58. The molecule has 3 N–H and O–H groups in total. The lowest BCUT2D eigenvalue weighted by molar-refractivity contribution is -0.0424. The van der Waals surface area contributed by atoms with Gasteiger partial charge in [0.25, 0.3) is 0 Å². The van der Waals surface area contributed by atoms with E-state index in [9.17, 15) is 5.11 Å². The first kappa shape index (κ1) is 21.8. The lowest BCUT2D eigenvalue weighted by Crippen LogP contribution is -2.00. The second kappa shape index (κ2) is 11.4. The second-order valence-electron chi connectivity index (χ2n) is 6.94. The lowest BCUT2D eigenvalue weighted by Gasteiger charge is -2.05. The monoisotopic (exact) mass is 378 g/mol. The van der Waals surface area contributed by atoms with Crippen molar-refractivity contribution in [2.45, 2.75) is 45.5 Å². The Balaban J connectivity index is 2.04. The molecule has 0 aromatic heterocycles. The van der Waals surface area contributed by atoms with Gasteiger partial charge in [-0.05, 0) is 41.7 Å². The zero-order chi connectivity index (χ0) is 20.4. The number of benzene rings is 2. The molecule has 2 aromatic rings. The van der Waals surface area contributed by atoms with Gasteiger partial charge >= 0.3 is 0 Å². The van der Waals surface area contributed by atoms with Gasteiger partial charge in [-0.25, -0.2) is 0 Å². The smallest absolute Gasteiger partial charge is 0.178 e. The van der Waals surface area contributed by atoms with E-state index in [1.54, 1.807) is 12.1 Å². The molecule has 2 aromatic carbocycles. The molecule has 3 heteroatoms. The van der Waals surface area contributed by atoms with Crippen molar-refractivity contribution in [2.75, 3.05) is 0 Å². The first-order chi connectivity index (χ1) is 13.5. The van der Waals surface area contributed by atoms with Crippen LogP contribution < -0.4 is 0 Å². The predicted octanol–water partition coefficient (Wildman–Crippen LogP) is 5.35. The van der Waals surface area contributed by atoms with E-state index < -0.39 is 6.29 Å². The van der Waals surface area contributed by atoms with Crippen molar-refractivity contribution in [3.05, 3.63) is 89.0 Å². The van der Waals surface area contributed by atoms with Gasteiger partial charge in [-0.3, -0.25) is 0 Å². The number of rotatable bonds is 9. The van der Waals surface area contributed by atoms with Crippen LogP contribution in [-0.4, -0.2) is 21.4 Å². The summed E-state index contributed by atoms with van der Waals surface area (Å²) in [6, 6.07) is 15.4. The van der Waals surface area contributed by atoms with Crippen LogP contribution >= 0.6 is 0 Å². The minimum absolute atomic E-state index is 0.378. The van der Waals surface area contributed by atoms with E-state index in [1.165, 1.54) is 0 Å². The van der Waals surface area contributed by atoms with Crippen molar-refractivity contribution in [2.24, 2.45) is 0 Å². The summed E-state index contributed by atoms with van der Waals surface area (Å²) < 4.78 is 0. The van der Waals surface area contributed by atoms with Gasteiger partial charge in [0.05, 0.1) is 6.10 Å². The van der Waals surface area contributed by atoms with E-state index in [2.05, 4.69) is 26.0 Å². The molecule has 0 spiro atoms. The van der Waals surface area contributed by atoms with E-state index in [4.69, 9.17) is 10.2 Å². The van der Waals surface area contributed by atoms with Gasteiger partial charge in [0.1, 0.15) is 0 Å². The van der Waals surface area contributed by atoms with Crippen LogP contribution in [0, 0.1) is 0 Å². The fraction of sp³-hybridized carbons (Fsp3) is 0.280. The topological polar surface area (TPSA) is 60.7 Å². The molecule has 0 aliphatic carbocycles. The molecule has 148 valence electrons. The molecule has 2 rings (SSSR count). The summed E-state index contributed by atoms with van der Waals surface area (Å²) in [5, 5.41) is 28.2. The number of hydrogen-bond acceptors (Lipinski definition) is 3. The fourth-order valence-corrected chi connectivity index (χ4v) is 2.79. The summed E-state index contributed by atoms with van der Waals surface area (Å²) in [5.74, 6) is 0. The fourth-order valence-electron chi connectivity index (χ4n) is 2.79. The number of allylic oxidation sites excluding steroid dienone is 3. The Morgan fingerprint density at radius 3 is 2.36 bits per heavy atom. The van der Waals surface area contributed by atoms with Crippen molar-refractivity contribution < 1.29 is 15.3 Å². The van der Waals surface area contributed by atoms with Crippen LogP contribution in [0.25, 0.3) is 17.7 Å². The number of unbranched alkanes of at least 4 members (excludes halogenated alkanes) is 1. The highest BCUT2D eigenvalue weighted by Gasteiger charge is 2.01. The Morgan fingerprint density at radius 1 is 0.964 bits per heavy atom. The standard InChI is InChI=1S/C25H30O3/c1-3-4-10-24(26)11-5-7-19(2)23-9-6-8-21(18-23)13-12-20-14-16-22(17-15-20)25(27)28/h5-9,11-18,24-28H,3-4,10H2,1-2H3. The Hall–Kier alpha value is -2.46. The normalized spacial score (nSPS) is 13.7. The van der Waals surface area contributed by atoms with Gasteiger partial charge in [-0.2, -0.15) is 0 Å². The maximum absolute atomic E-state index is 9.88. The van der Waals surface area contributed by atoms with E-state index >= 15 is 0 Å². The summed E-state index contributed by atoms with van der Waals surface area (Å²) in [6.45, 7) is 4.18. The summed E-state index contributed by atoms with van der Waals surface area (Å²) in [7, 11) is 0. The van der Waals surface area contributed by atoms with Crippen molar-refractivity contribution in [3.63, 3.8) is 0 Å². The molecular weight excluding hydrogens is 348 g/mol. The molecule has 1 unspecified atom stereocenters. The average molecular weight is 379 g/mol. The van der Waals surface area contributed by atoms with Gasteiger partial charge in [-0.1, -0.05) is 92.6 Å². The van der Waals surface area contributed by atoms with E-state index in [-0.39, 0.29) is 6.10 Å². The summed E-state index contributed by atoms with van der Waals surface area (Å²) in [4.78, 5) is 0. The molecule has 28 heavy (non-hydrogen) atoms. The molecule has 0 fully saturated rings. The van der Waals surface area contributed by atoms with Crippen molar-refractivity contribution in [1.29, 1.82) is 0 Å². The molecule has 0 bridgehead atoms. The minimum Gasteiger partial charge on any atom is -0.389 e. The Morgan fingerprint density at radius 2 is 1.68 bits per heavy atom. The summed E-state index contributed by atoms with van der Waals surface area (Å²) in [6.07, 6.45) is 10.9. The highest BCUT2D eigenvalue weighted by molar-refractivity contribution is 5.73. The molecular formula is C25H30O3. The van der Waals surface area contributed by atoms with Crippen LogP contribution in [0.3, 0.4) is 0 Å². The first-order valence-electron chi connectivity index (χ1n) is 9.77. The highest BCUT2D eigenvalue weighted by Crippen LogP contribution is 2.18. The number of hydrogen-bond donors (Lipinski definition) is 3. The maximum atomic E-state index is 9.88. The van der Waals surface area contributed by atoms with Crippen molar-refractivity contribution in [3.8, 4) is 0 Å². The highest BCUT2D eigenvalue weighted by atomic mass is 16.5. The van der Waals surface area contributed by atoms with Gasteiger partial charge in [0, 0.05) is 5.56 Å². The van der Waals surface area contributed by atoms with E-state index in [1.807, 2.05) is 54.6 Å². The Labute approximate surface area is 168 Å². The molecule has 0 heterocycles. The molecule has 0 aliphatic rings. The summed E-state index contributed by atoms with van der Waals surface area (Å²) >= 11 is 0. The quantitative estimate of drug-likeness (QED) is 0.313. The molecule has 0 saturated heterocycles. The Bertz CT molecular complexity index is 814. The van der Waals surface area contributed by atoms with E-state index in [0.29, 0.717) is 5.56 Å². The minimum atomic E-state index is -1.44. The van der Waals surface area contributed by atoms with Gasteiger partial charge in [0.15, 0.2) is 6.29 Å². The second-order valence-corrected chi connectivity index (χ2v) is 6.94. The van der Waals surface area contributed by atoms with E-state index in [0.717, 1.165) is 41.5 Å². The first-order valence-corrected chi connectivity index (χ1v) is 9.77. The van der Waals surface area contributed by atoms with Gasteiger partial charge in [0.2, 0.25) is 0 Å². The zero-order valence-corrected chi connectivity index (χ0v) is 16.6. The SMILES string of the molecule is CCCCC(O)C=CC=C(C)c1cccc(C=Cc2ccc(C(O)O)cc2)c1. The summed E-state index contributed by atoms with van der Waals surface area (Å²) in [5.41, 5.74) is 4.83. The number of aliphatic hydroxyl groups excluding tert-OH is 2. The van der Waals surface area contributed by atoms with Crippen LogP contribution in [0.2, 0.25) is 0 Å². The van der Waals surface area contributed by atoms with Crippen LogP contribution in [0.5, 0.6) is 0 Å². The van der Waals surface area contributed by atoms with Gasteiger partial charge < -0.3 is 15.3 Å². The van der Waals surface area contributed by atoms with Crippen LogP contribution in [0.4, 0.5) is 0 Å². The molecule has 0 aliphatic heterocycles. The van der Waals surface area contributed by atoms with Gasteiger partial charge in [-0.15, -0.1) is 0 Å². The van der Waals surface area contributed by atoms with Crippen LogP contribution in [0.1, 0.15) is 61.7 Å². The zero-order valence-electron chi connectivity index (χ0n) is 16.6. The lowest BCUT2D eigenvalue weighted by atomic mass is 10.0. The Kier molecular flexibility index (Phi) is 8.89. The van der Waals surface area contributed by atoms with Crippen molar-refractivity contribution in [1.82, 2.24) is 0 Å². The van der Waals surface area contributed by atoms with Crippen LogP contribution in [0.15, 0.2) is 66.8 Å². The largest absolute Gasteiger partial charge is 0.389 e. The predicted molar refractivity (Wildman–Crippen MR) is 117 cm³/mol. The molecule has 0 radical (unpaired) electrons. The third-order valence-corrected chi connectivity index (χ3v) is 4.58. The molecule has 3 nitrogen and oxygen atoms in total.